The maximum atomic E-state index is 10.9. The molecule has 1 aliphatic heterocycles. The van der Waals surface area contributed by atoms with Crippen LogP contribution in [0.5, 0.6) is 5.75 Å². The smallest absolute Gasteiger partial charge is 0.309 e. The molecule has 0 aliphatic carbocycles. The monoisotopic (exact) mass is 379 g/mol. The van der Waals surface area contributed by atoms with Gasteiger partial charge < -0.3 is 9.84 Å². The van der Waals surface area contributed by atoms with E-state index < -0.39 is 5.97 Å². The van der Waals surface area contributed by atoms with Crippen LogP contribution in [0.1, 0.15) is 36.2 Å². The number of ether oxygens (including phenoxy) is 1. The van der Waals surface area contributed by atoms with Crippen molar-refractivity contribution in [3.63, 3.8) is 0 Å². The molecule has 1 aromatic carbocycles. The van der Waals surface area contributed by atoms with Crippen molar-refractivity contribution in [2.45, 2.75) is 39.3 Å². The van der Waals surface area contributed by atoms with Crippen molar-refractivity contribution in [1.82, 2.24) is 9.88 Å². The Bertz CT molecular complexity index is 866. The summed E-state index contributed by atoms with van der Waals surface area (Å²) < 4.78 is 5.61. The topological polar surface area (TPSA) is 86.4 Å². The molecule has 1 fully saturated rings. The minimum Gasteiger partial charge on any atom is -0.488 e. The number of hydrogen-bond acceptors (Lipinski definition) is 5. The second-order valence-electron chi connectivity index (χ2n) is 7.50. The van der Waals surface area contributed by atoms with Gasteiger partial charge in [-0.1, -0.05) is 24.3 Å². The predicted molar refractivity (Wildman–Crippen MR) is 105 cm³/mol. The Morgan fingerprint density at radius 2 is 1.96 bits per heavy atom. The fourth-order valence-corrected chi connectivity index (χ4v) is 3.26. The number of carboxylic acid groups (broad SMARTS) is 1. The predicted octanol–water partition coefficient (Wildman–Crippen LogP) is 3.04. The number of aromatic nitrogens is 1. The number of likely N-dealkylation sites (tertiary alicyclic amines) is 1. The third kappa shape index (κ3) is 5.08. The molecule has 6 heteroatoms. The fourth-order valence-electron chi connectivity index (χ4n) is 3.26. The first kappa shape index (κ1) is 19.8. The van der Waals surface area contributed by atoms with Gasteiger partial charge in [0.2, 0.25) is 0 Å². The van der Waals surface area contributed by atoms with Crippen molar-refractivity contribution >= 4 is 5.97 Å². The summed E-state index contributed by atoms with van der Waals surface area (Å²) in [6, 6.07) is 12.4. The van der Waals surface area contributed by atoms with E-state index in [1.807, 2.05) is 13.8 Å². The maximum absolute atomic E-state index is 10.9. The lowest BCUT2D eigenvalue weighted by atomic mass is 9.99. The van der Waals surface area contributed by atoms with Crippen LogP contribution in [-0.2, 0) is 24.2 Å². The van der Waals surface area contributed by atoms with Gasteiger partial charge >= 0.3 is 5.97 Å². The van der Waals surface area contributed by atoms with E-state index >= 15 is 0 Å². The molecule has 0 amide bonds. The lowest BCUT2D eigenvalue weighted by molar-refractivity contribution is -0.147. The average Bonchev–Trinajstić information content (AvgIpc) is 2.63. The number of pyridine rings is 1. The van der Waals surface area contributed by atoms with Crippen molar-refractivity contribution < 1.29 is 14.6 Å². The van der Waals surface area contributed by atoms with E-state index in [1.165, 1.54) is 11.1 Å². The van der Waals surface area contributed by atoms with Gasteiger partial charge in [0.1, 0.15) is 6.07 Å². The van der Waals surface area contributed by atoms with E-state index in [0.29, 0.717) is 24.4 Å². The highest BCUT2D eigenvalue weighted by molar-refractivity contribution is 5.71. The van der Waals surface area contributed by atoms with Crippen LogP contribution in [0.15, 0.2) is 36.5 Å². The summed E-state index contributed by atoms with van der Waals surface area (Å²) >= 11 is 0. The van der Waals surface area contributed by atoms with E-state index in [-0.39, 0.29) is 12.0 Å². The SMILES string of the molecule is CC(C)Oc1cnc(CCc2ccc(CN3CC(C(=O)O)C3)cc2)cc1C#N. The van der Waals surface area contributed by atoms with Crippen LogP contribution in [0.25, 0.3) is 0 Å². The van der Waals surface area contributed by atoms with E-state index in [1.54, 1.807) is 12.3 Å². The number of nitriles is 1. The molecule has 6 nitrogen and oxygen atoms in total. The number of rotatable bonds is 8. The van der Waals surface area contributed by atoms with E-state index in [4.69, 9.17) is 9.84 Å². The molecular formula is C22H25N3O3. The van der Waals surface area contributed by atoms with Crippen LogP contribution < -0.4 is 4.74 Å². The second-order valence-corrected chi connectivity index (χ2v) is 7.50. The first-order valence-corrected chi connectivity index (χ1v) is 9.53. The first-order chi connectivity index (χ1) is 13.4. The van der Waals surface area contributed by atoms with Crippen LogP contribution in [0.4, 0.5) is 0 Å². The van der Waals surface area contributed by atoms with Gasteiger partial charge in [-0.15, -0.1) is 0 Å². The van der Waals surface area contributed by atoms with Crippen LogP contribution in [0.2, 0.25) is 0 Å². The third-order valence-corrected chi connectivity index (χ3v) is 4.81. The van der Waals surface area contributed by atoms with Crippen LogP contribution in [0.3, 0.4) is 0 Å². The van der Waals surface area contributed by atoms with Gasteiger partial charge in [-0.3, -0.25) is 14.7 Å². The van der Waals surface area contributed by atoms with Crippen molar-refractivity contribution in [3.05, 3.63) is 58.9 Å². The number of nitrogens with zero attached hydrogens (tertiary/aromatic N) is 3. The molecule has 2 heterocycles. The molecule has 2 aromatic rings. The minimum absolute atomic E-state index is 0.00420. The largest absolute Gasteiger partial charge is 0.488 e. The molecule has 3 rings (SSSR count). The number of carboxylic acids is 1. The molecule has 0 atom stereocenters. The molecule has 0 bridgehead atoms. The van der Waals surface area contributed by atoms with Gasteiger partial charge in [0, 0.05) is 25.3 Å². The summed E-state index contributed by atoms with van der Waals surface area (Å²) in [5.74, 6) is -0.396. The molecule has 28 heavy (non-hydrogen) atoms. The van der Waals surface area contributed by atoms with Gasteiger partial charge in [-0.05, 0) is 43.9 Å². The number of carbonyl (C=O) groups is 1. The Kier molecular flexibility index (Phi) is 6.27. The highest BCUT2D eigenvalue weighted by Crippen LogP contribution is 2.21. The standard InChI is InChI=1S/C22H25N3O3/c1-15(2)28-21-11-24-20(9-18(21)10-23)8-7-16-3-5-17(6-4-16)12-25-13-19(14-25)22(26)27/h3-6,9,11,15,19H,7-8,12-14H2,1-2H3,(H,26,27). The summed E-state index contributed by atoms with van der Waals surface area (Å²) in [6.07, 6.45) is 3.23. The fraction of sp³-hybridized carbons (Fsp3) is 0.409. The summed E-state index contributed by atoms with van der Waals surface area (Å²) in [5.41, 5.74) is 3.78. The molecule has 1 aliphatic rings. The minimum atomic E-state index is -0.705. The second kappa shape index (κ2) is 8.85. The molecule has 0 radical (unpaired) electrons. The summed E-state index contributed by atoms with van der Waals surface area (Å²) in [6.45, 7) is 5.88. The maximum Gasteiger partial charge on any atom is 0.309 e. The summed E-state index contributed by atoms with van der Waals surface area (Å²) in [4.78, 5) is 17.4. The van der Waals surface area contributed by atoms with E-state index in [9.17, 15) is 10.1 Å². The molecule has 0 saturated carbocycles. The quantitative estimate of drug-likeness (QED) is 0.759. The van der Waals surface area contributed by atoms with E-state index in [2.05, 4.69) is 40.2 Å². The van der Waals surface area contributed by atoms with Gasteiger partial charge in [0.05, 0.1) is 23.8 Å². The van der Waals surface area contributed by atoms with Gasteiger partial charge in [-0.25, -0.2) is 0 Å². The normalized spacial score (nSPS) is 14.5. The lowest BCUT2D eigenvalue weighted by Gasteiger charge is -2.36. The molecule has 1 saturated heterocycles. The molecular weight excluding hydrogens is 354 g/mol. The Morgan fingerprint density at radius 3 is 2.57 bits per heavy atom. The van der Waals surface area contributed by atoms with Crippen molar-refractivity contribution in [2.75, 3.05) is 13.1 Å². The zero-order chi connectivity index (χ0) is 20.1. The van der Waals surface area contributed by atoms with Crippen molar-refractivity contribution in [2.24, 2.45) is 5.92 Å². The highest BCUT2D eigenvalue weighted by atomic mass is 16.5. The lowest BCUT2D eigenvalue weighted by Crippen LogP contribution is -2.49. The summed E-state index contributed by atoms with van der Waals surface area (Å²) in [5, 5.41) is 18.3. The Balaban J connectivity index is 1.52. The molecule has 1 N–H and O–H groups in total. The Morgan fingerprint density at radius 1 is 1.29 bits per heavy atom. The number of aliphatic carboxylic acids is 1. The molecule has 146 valence electrons. The molecule has 0 unspecified atom stereocenters. The number of hydrogen-bond donors (Lipinski definition) is 1. The number of benzene rings is 1. The van der Waals surface area contributed by atoms with Crippen molar-refractivity contribution in [3.8, 4) is 11.8 Å². The zero-order valence-electron chi connectivity index (χ0n) is 16.3. The summed E-state index contributed by atoms with van der Waals surface area (Å²) in [7, 11) is 0. The van der Waals surface area contributed by atoms with Gasteiger partial charge in [0.15, 0.2) is 5.75 Å². The van der Waals surface area contributed by atoms with Gasteiger partial charge in [-0.2, -0.15) is 5.26 Å². The molecule has 0 spiro atoms. The number of aryl methyl sites for hydroxylation is 2. The zero-order valence-corrected chi connectivity index (χ0v) is 16.3. The molecule has 1 aromatic heterocycles. The van der Waals surface area contributed by atoms with E-state index in [0.717, 1.165) is 25.1 Å². The average molecular weight is 379 g/mol. The Hall–Kier alpha value is -2.91. The Labute approximate surface area is 165 Å². The first-order valence-electron chi connectivity index (χ1n) is 9.53. The van der Waals surface area contributed by atoms with Crippen LogP contribution in [-0.4, -0.2) is 40.2 Å². The third-order valence-electron chi connectivity index (χ3n) is 4.81. The van der Waals surface area contributed by atoms with Crippen molar-refractivity contribution in [1.29, 1.82) is 5.26 Å². The van der Waals surface area contributed by atoms with Gasteiger partial charge in [0.25, 0.3) is 0 Å². The highest BCUT2D eigenvalue weighted by Gasteiger charge is 2.32. The van der Waals surface area contributed by atoms with Crippen LogP contribution in [0, 0.1) is 17.2 Å². The van der Waals surface area contributed by atoms with Crippen LogP contribution >= 0.6 is 0 Å².